The van der Waals surface area contributed by atoms with Crippen LogP contribution < -0.4 is 10.5 Å². The van der Waals surface area contributed by atoms with E-state index < -0.39 is 6.09 Å². The number of thiophene rings is 1. The summed E-state index contributed by atoms with van der Waals surface area (Å²) in [6, 6.07) is 3.82. The molecule has 0 fully saturated rings. The fraction of sp³-hybridized carbons (Fsp3) is 0.111. The zero-order chi connectivity index (χ0) is 11.0. The van der Waals surface area contributed by atoms with Crippen LogP contribution in [0.5, 0.6) is 5.06 Å². The highest BCUT2D eigenvalue weighted by Crippen LogP contribution is 2.40. The van der Waals surface area contributed by atoms with E-state index in [2.05, 4.69) is 20.9 Å². The molecule has 0 aliphatic heterocycles. The van der Waals surface area contributed by atoms with Gasteiger partial charge in [0.25, 0.3) is 0 Å². The lowest BCUT2D eigenvalue weighted by atomic mass is 10.3. The Bertz CT molecular complexity index is 538. The first-order valence-corrected chi connectivity index (χ1v) is 5.72. The molecule has 1 amide bonds. The molecule has 0 spiro atoms. The number of nitrogens with zero attached hydrogens (tertiary/aromatic N) is 1. The molecule has 0 unspecified atom stereocenters. The largest absolute Gasteiger partial charge is 0.410 e. The zero-order valence-electron chi connectivity index (χ0n) is 7.78. The molecule has 15 heavy (non-hydrogen) atoms. The van der Waals surface area contributed by atoms with Crippen LogP contribution in [0.2, 0.25) is 0 Å². The molecule has 2 aromatic heterocycles. The number of rotatable bonds is 1. The third-order valence-electron chi connectivity index (χ3n) is 1.80. The maximum absolute atomic E-state index is 10.6. The average molecular weight is 287 g/mol. The van der Waals surface area contributed by atoms with Gasteiger partial charge in [-0.05, 0) is 35.0 Å². The van der Waals surface area contributed by atoms with E-state index in [9.17, 15) is 4.79 Å². The highest BCUT2D eigenvalue weighted by Gasteiger charge is 2.13. The van der Waals surface area contributed by atoms with Gasteiger partial charge in [0.2, 0.25) is 5.06 Å². The molecular weight excluding hydrogens is 280 g/mol. The van der Waals surface area contributed by atoms with Gasteiger partial charge < -0.3 is 10.5 Å². The normalized spacial score (nSPS) is 10.5. The number of ether oxygens (including phenoxy) is 1. The van der Waals surface area contributed by atoms with Crippen molar-refractivity contribution in [3.05, 3.63) is 22.3 Å². The second-order valence-electron chi connectivity index (χ2n) is 2.93. The number of halogens is 1. The number of nitrogens with two attached hydrogens (primary N) is 1. The molecule has 2 heterocycles. The first-order valence-electron chi connectivity index (χ1n) is 4.11. The van der Waals surface area contributed by atoms with E-state index in [4.69, 9.17) is 10.5 Å². The number of amides is 1. The molecule has 2 N–H and O–H groups in total. The summed E-state index contributed by atoms with van der Waals surface area (Å²) in [5.41, 5.74) is 5.87. The number of aromatic nitrogens is 1. The number of hydrogen-bond acceptors (Lipinski definition) is 4. The van der Waals surface area contributed by atoms with Crippen LogP contribution in [0.15, 0.2) is 16.6 Å². The highest BCUT2D eigenvalue weighted by molar-refractivity contribution is 9.10. The van der Waals surface area contributed by atoms with Crippen LogP contribution in [0.3, 0.4) is 0 Å². The monoisotopic (exact) mass is 286 g/mol. The molecule has 0 saturated heterocycles. The van der Waals surface area contributed by atoms with E-state index in [0.29, 0.717) is 9.54 Å². The van der Waals surface area contributed by atoms with Crippen molar-refractivity contribution in [3.8, 4) is 5.06 Å². The van der Waals surface area contributed by atoms with Gasteiger partial charge in [-0.2, -0.15) is 0 Å². The van der Waals surface area contributed by atoms with Crippen LogP contribution in [0, 0.1) is 6.92 Å². The highest BCUT2D eigenvalue weighted by atomic mass is 79.9. The lowest BCUT2D eigenvalue weighted by Crippen LogP contribution is -2.15. The quantitative estimate of drug-likeness (QED) is 0.877. The van der Waals surface area contributed by atoms with Crippen molar-refractivity contribution in [2.45, 2.75) is 6.92 Å². The third-order valence-corrected chi connectivity index (χ3v) is 3.82. The summed E-state index contributed by atoms with van der Waals surface area (Å²) < 4.78 is 5.56. The summed E-state index contributed by atoms with van der Waals surface area (Å²) in [6.45, 7) is 1.90. The Morgan fingerprint density at radius 3 is 3.00 bits per heavy atom. The number of pyridine rings is 1. The van der Waals surface area contributed by atoms with Crippen molar-refractivity contribution in [2.24, 2.45) is 5.73 Å². The van der Waals surface area contributed by atoms with E-state index in [1.807, 2.05) is 19.1 Å². The Hall–Kier alpha value is -1.14. The molecule has 2 aromatic rings. The molecule has 4 nitrogen and oxygen atoms in total. The van der Waals surface area contributed by atoms with Gasteiger partial charge in [0.1, 0.15) is 4.83 Å². The number of hydrogen-bond donors (Lipinski definition) is 1. The summed E-state index contributed by atoms with van der Waals surface area (Å²) in [7, 11) is 0. The predicted molar refractivity (Wildman–Crippen MR) is 62.3 cm³/mol. The van der Waals surface area contributed by atoms with Crippen molar-refractivity contribution in [1.82, 2.24) is 4.98 Å². The molecule has 6 heteroatoms. The van der Waals surface area contributed by atoms with E-state index >= 15 is 0 Å². The maximum Gasteiger partial charge on any atom is 0.410 e. The molecule has 0 aliphatic carbocycles. The van der Waals surface area contributed by atoms with E-state index in [1.54, 1.807) is 0 Å². The van der Waals surface area contributed by atoms with Crippen LogP contribution in [0.25, 0.3) is 10.2 Å². The molecule has 0 aromatic carbocycles. The van der Waals surface area contributed by atoms with Crippen molar-refractivity contribution in [2.75, 3.05) is 0 Å². The molecular formula is C9H7BrN2O2S. The van der Waals surface area contributed by atoms with Crippen molar-refractivity contribution >= 4 is 43.6 Å². The van der Waals surface area contributed by atoms with Gasteiger partial charge in [-0.1, -0.05) is 11.3 Å². The molecule has 0 radical (unpaired) electrons. The van der Waals surface area contributed by atoms with Gasteiger partial charge in [-0.15, -0.1) is 0 Å². The second kappa shape index (κ2) is 3.79. The first kappa shape index (κ1) is 10.4. The van der Waals surface area contributed by atoms with Gasteiger partial charge in [-0.3, -0.25) is 0 Å². The number of fused-ring (bicyclic) bond motifs is 1. The topological polar surface area (TPSA) is 65.2 Å². The zero-order valence-corrected chi connectivity index (χ0v) is 10.2. The first-order chi connectivity index (χ1) is 7.08. The maximum atomic E-state index is 10.6. The Morgan fingerprint density at radius 2 is 2.33 bits per heavy atom. The van der Waals surface area contributed by atoms with Gasteiger partial charge in [-0.25, -0.2) is 9.78 Å². The van der Waals surface area contributed by atoms with Gasteiger partial charge in [0.15, 0.2) is 0 Å². The number of aryl methyl sites for hydroxylation is 1. The molecule has 2 rings (SSSR count). The standard InChI is InChI=1S/C9H7BrN2O2S/c1-4-2-3-5-6(10)8(14-9(11)13)15-7(5)12-4/h2-3H,1H3,(H2,11,13). The summed E-state index contributed by atoms with van der Waals surface area (Å²) in [4.78, 5) is 15.8. The second-order valence-corrected chi connectivity index (χ2v) is 4.68. The van der Waals surface area contributed by atoms with Crippen LogP contribution in [-0.2, 0) is 0 Å². The smallest absolute Gasteiger partial charge is 0.398 e. The van der Waals surface area contributed by atoms with Crippen LogP contribution in [0.1, 0.15) is 5.69 Å². The Labute approximate surface area is 98.2 Å². The lowest BCUT2D eigenvalue weighted by Gasteiger charge is -1.95. The Balaban J connectivity index is 2.58. The van der Waals surface area contributed by atoms with E-state index in [-0.39, 0.29) is 0 Å². The van der Waals surface area contributed by atoms with Crippen LogP contribution in [-0.4, -0.2) is 11.1 Å². The van der Waals surface area contributed by atoms with Gasteiger partial charge >= 0.3 is 6.09 Å². The molecule has 78 valence electrons. The summed E-state index contributed by atoms with van der Waals surface area (Å²) >= 11 is 4.63. The number of carbonyl (C=O) groups is 1. The lowest BCUT2D eigenvalue weighted by molar-refractivity contribution is 0.212. The van der Waals surface area contributed by atoms with Crippen molar-refractivity contribution in [3.63, 3.8) is 0 Å². The summed E-state index contributed by atoms with van der Waals surface area (Å²) in [5, 5.41) is 1.36. The van der Waals surface area contributed by atoms with Crippen LogP contribution >= 0.6 is 27.3 Å². The SMILES string of the molecule is Cc1ccc2c(Br)c(OC(N)=O)sc2n1. The van der Waals surface area contributed by atoms with Crippen molar-refractivity contribution in [1.29, 1.82) is 0 Å². The van der Waals surface area contributed by atoms with E-state index in [1.165, 1.54) is 11.3 Å². The number of primary amides is 1. The average Bonchev–Trinajstić information content (AvgIpc) is 2.42. The summed E-state index contributed by atoms with van der Waals surface area (Å²) in [5.74, 6) is 0. The van der Waals surface area contributed by atoms with Gasteiger partial charge in [0.05, 0.1) is 4.47 Å². The molecule has 0 saturated carbocycles. The predicted octanol–water partition coefficient (Wildman–Crippen LogP) is 2.82. The Kier molecular flexibility index (Phi) is 2.62. The fourth-order valence-electron chi connectivity index (χ4n) is 1.18. The summed E-state index contributed by atoms with van der Waals surface area (Å²) in [6.07, 6.45) is -0.820. The van der Waals surface area contributed by atoms with Crippen LogP contribution in [0.4, 0.5) is 4.79 Å². The minimum Gasteiger partial charge on any atom is -0.398 e. The fourth-order valence-corrected chi connectivity index (χ4v) is 2.92. The van der Waals surface area contributed by atoms with E-state index in [0.717, 1.165) is 15.9 Å². The number of carbonyl (C=O) groups excluding carboxylic acids is 1. The minimum absolute atomic E-state index is 0.440. The molecule has 0 aliphatic rings. The molecule has 0 atom stereocenters. The third kappa shape index (κ3) is 1.95. The Morgan fingerprint density at radius 1 is 1.60 bits per heavy atom. The minimum atomic E-state index is -0.820. The van der Waals surface area contributed by atoms with Gasteiger partial charge in [0, 0.05) is 11.1 Å². The molecule has 0 bridgehead atoms. The van der Waals surface area contributed by atoms with Crippen molar-refractivity contribution < 1.29 is 9.53 Å².